The summed E-state index contributed by atoms with van der Waals surface area (Å²) in [7, 11) is 2.01. The molecule has 292 valence electrons. The van der Waals surface area contributed by atoms with Gasteiger partial charge in [-0.1, -0.05) is 65.4 Å². The molecule has 0 N–H and O–H groups in total. The van der Waals surface area contributed by atoms with Gasteiger partial charge in [0.25, 0.3) is 0 Å². The van der Waals surface area contributed by atoms with Crippen molar-refractivity contribution in [3.63, 3.8) is 0 Å². The van der Waals surface area contributed by atoms with E-state index in [1.54, 1.807) is 23.2 Å². The summed E-state index contributed by atoms with van der Waals surface area (Å²) in [6, 6.07) is 72.7. The predicted octanol–water partition coefficient (Wildman–Crippen LogP) is 11.6. The van der Waals surface area contributed by atoms with Gasteiger partial charge in [0.2, 0.25) is 0 Å². The molecule has 8 heteroatoms. The Hall–Kier alpha value is -6.37. The Balaban J connectivity index is 0.000000591. The first-order chi connectivity index (χ1) is 28.1. The van der Waals surface area contributed by atoms with Gasteiger partial charge in [-0.05, 0) is 61.5 Å². The first-order valence-corrected chi connectivity index (χ1v) is 18.3. The van der Waals surface area contributed by atoms with Gasteiger partial charge in [-0.2, -0.15) is 49.1 Å². The molecular weight excluding hydrogens is 1090 g/mol. The maximum absolute atomic E-state index is 6.57. The smallest absolute Gasteiger partial charge is 0.669 e. The molecule has 0 bridgehead atoms. The van der Waals surface area contributed by atoms with Crippen LogP contribution in [0.3, 0.4) is 0 Å². The second-order valence-corrected chi connectivity index (χ2v) is 12.9. The van der Waals surface area contributed by atoms with Crippen LogP contribution in [-0.2, 0) is 42.1 Å². The summed E-state index contributed by atoms with van der Waals surface area (Å²) in [4.78, 5) is 13.1. The van der Waals surface area contributed by atoms with Gasteiger partial charge in [0.15, 0.2) is 0 Å². The molecular formula is C51H35N6Pt2-3. The molecule has 0 unspecified atom stereocenters. The van der Waals surface area contributed by atoms with Crippen LogP contribution in [0.2, 0.25) is 0 Å². The standard InChI is InChI=1S/C45H31N5.C6H4N.2Pt/c1-47-28-29-48(34-47)41-22-13-25-44(33-41)50(40-20-9-4-10-21-40)43-24-12-15-37(31-43)45-32-36(26-27-46-45)35-14-11-23-42(30-35)49(38-16-5-2-6-17-38)39-18-7-3-8-19-39;1-2-7-5-3-4-6-7;;/h2-18,20-25,27-29,32,34H,1H3;3-6H;;/q-6;-1;;+4. The molecule has 1 aliphatic heterocycles. The summed E-state index contributed by atoms with van der Waals surface area (Å²) in [5.41, 5.74) is 10.1. The maximum Gasteiger partial charge on any atom is 4.00 e. The normalized spacial score (nSPS) is 11.3. The molecule has 0 saturated carbocycles. The predicted molar refractivity (Wildman–Crippen MR) is 229 cm³/mol. The van der Waals surface area contributed by atoms with Gasteiger partial charge < -0.3 is 35.6 Å². The number of benzene rings is 6. The number of anilines is 7. The van der Waals surface area contributed by atoms with E-state index in [2.05, 4.69) is 130 Å². The number of para-hydroxylation sites is 3. The monoisotopic (exact) mass is 1120 g/mol. The van der Waals surface area contributed by atoms with Crippen LogP contribution in [0.15, 0.2) is 189 Å². The van der Waals surface area contributed by atoms with Crippen LogP contribution in [0.5, 0.6) is 0 Å². The minimum absolute atomic E-state index is 0. The first kappa shape index (κ1) is 42.2. The molecule has 0 fully saturated rings. The van der Waals surface area contributed by atoms with E-state index in [0.717, 1.165) is 62.2 Å². The molecule has 0 atom stereocenters. The maximum atomic E-state index is 6.57. The quantitative estimate of drug-likeness (QED) is 0.106. The van der Waals surface area contributed by atoms with Crippen molar-refractivity contribution in [2.24, 2.45) is 0 Å². The SMILES string of the molecule is CN1C=CN(c2[c-]c(N(c3[c-]c(-c4cc(-c5[c-]c(N(c6[c-]cccc6)c6ccccc6)ccc5)[c-]cn4)ccc3)c3ccccc3)ccc2)[CH-]1.[C-]#Cn1cccc1.[Pt+4].[Pt]. The Labute approximate surface area is 376 Å². The van der Waals surface area contributed by atoms with Crippen LogP contribution in [0.4, 0.5) is 39.8 Å². The minimum Gasteiger partial charge on any atom is -0.669 e. The van der Waals surface area contributed by atoms with Gasteiger partial charge in [0.05, 0.1) is 0 Å². The molecule has 8 aromatic rings. The van der Waals surface area contributed by atoms with Crippen LogP contribution >= 0.6 is 0 Å². The molecule has 6 aromatic carbocycles. The summed E-state index contributed by atoms with van der Waals surface area (Å²) < 4.78 is 1.54. The van der Waals surface area contributed by atoms with Crippen molar-refractivity contribution < 1.29 is 42.1 Å². The molecule has 3 heterocycles. The zero-order valence-corrected chi connectivity index (χ0v) is 36.3. The van der Waals surface area contributed by atoms with Gasteiger partial charge >= 0.3 is 21.1 Å². The first-order valence-electron chi connectivity index (χ1n) is 18.3. The molecule has 0 saturated heterocycles. The fraction of sp³-hybridized carbons (Fsp3) is 0.0196. The van der Waals surface area contributed by atoms with Crippen molar-refractivity contribution in [1.29, 1.82) is 0 Å². The largest absolute Gasteiger partial charge is 4.00 e. The number of nitrogens with zero attached hydrogens (tertiary/aromatic N) is 6. The third kappa shape index (κ3) is 10.2. The van der Waals surface area contributed by atoms with Crippen LogP contribution in [0.25, 0.3) is 22.4 Å². The van der Waals surface area contributed by atoms with Crippen LogP contribution in [-0.4, -0.2) is 21.5 Å². The molecule has 59 heavy (non-hydrogen) atoms. The molecule has 6 nitrogen and oxygen atoms in total. The average molecular weight is 1120 g/mol. The number of hydrogen-bond donors (Lipinski definition) is 0. The third-order valence-electron chi connectivity index (χ3n) is 9.06. The summed E-state index contributed by atoms with van der Waals surface area (Å²) in [6.45, 7) is 2.03. The fourth-order valence-electron chi connectivity index (χ4n) is 6.39. The van der Waals surface area contributed by atoms with Crippen molar-refractivity contribution in [1.82, 2.24) is 14.5 Å². The zero-order valence-electron chi connectivity index (χ0n) is 31.8. The molecule has 0 spiro atoms. The van der Waals surface area contributed by atoms with E-state index in [0.29, 0.717) is 0 Å². The topological polar surface area (TPSA) is 30.8 Å². The number of rotatable bonds is 9. The van der Waals surface area contributed by atoms with E-state index in [4.69, 9.17) is 11.4 Å². The second kappa shape index (κ2) is 20.4. The Kier molecular flexibility index (Phi) is 14.6. The number of hydrogen-bond acceptors (Lipinski definition) is 5. The second-order valence-electron chi connectivity index (χ2n) is 12.9. The molecule has 0 radical (unpaired) electrons. The van der Waals surface area contributed by atoms with Gasteiger partial charge in [-0.15, -0.1) is 65.8 Å². The van der Waals surface area contributed by atoms with E-state index in [9.17, 15) is 0 Å². The van der Waals surface area contributed by atoms with E-state index < -0.39 is 0 Å². The fourth-order valence-corrected chi connectivity index (χ4v) is 6.39. The van der Waals surface area contributed by atoms with E-state index >= 15 is 0 Å². The molecule has 9 rings (SSSR count). The van der Waals surface area contributed by atoms with Gasteiger partial charge in [0.1, 0.15) is 0 Å². The van der Waals surface area contributed by atoms with Gasteiger partial charge in [-0.3, -0.25) is 11.1 Å². The Morgan fingerprint density at radius 2 is 1.17 bits per heavy atom. The Bertz CT molecular complexity index is 2570. The summed E-state index contributed by atoms with van der Waals surface area (Å²) in [6.07, 6.45) is 15.9. The van der Waals surface area contributed by atoms with Crippen LogP contribution in [0, 0.1) is 49.5 Å². The molecule has 2 aromatic heterocycles. The van der Waals surface area contributed by atoms with Crippen molar-refractivity contribution >= 4 is 39.8 Å². The van der Waals surface area contributed by atoms with E-state index in [1.165, 1.54) is 0 Å². The molecule has 1 aliphatic rings. The van der Waals surface area contributed by atoms with Crippen molar-refractivity contribution in [3.8, 4) is 28.4 Å². The van der Waals surface area contributed by atoms with Gasteiger partial charge in [0, 0.05) is 44.8 Å². The summed E-state index contributed by atoms with van der Waals surface area (Å²) in [5, 5.41) is 0. The van der Waals surface area contributed by atoms with Gasteiger partial charge in [-0.25, -0.2) is 24.2 Å². The number of pyridine rings is 1. The number of aromatic nitrogens is 2. The van der Waals surface area contributed by atoms with E-state index in [-0.39, 0.29) is 42.1 Å². The zero-order chi connectivity index (χ0) is 38.8. The Morgan fingerprint density at radius 3 is 1.76 bits per heavy atom. The molecule has 0 amide bonds. The third-order valence-corrected chi connectivity index (χ3v) is 9.06. The summed E-state index contributed by atoms with van der Waals surface area (Å²) in [5.74, 6) is 0. The molecule has 0 aliphatic carbocycles. The van der Waals surface area contributed by atoms with Crippen LogP contribution in [0.1, 0.15) is 0 Å². The van der Waals surface area contributed by atoms with Crippen molar-refractivity contribution in [3.05, 3.63) is 232 Å². The summed E-state index contributed by atoms with van der Waals surface area (Å²) >= 11 is 0. The van der Waals surface area contributed by atoms with E-state index in [1.807, 2.05) is 110 Å². The Morgan fingerprint density at radius 1 is 0.593 bits per heavy atom. The average Bonchev–Trinajstić information content (AvgIpc) is 3.98. The van der Waals surface area contributed by atoms with Crippen molar-refractivity contribution in [2.75, 3.05) is 21.7 Å². The van der Waals surface area contributed by atoms with Crippen molar-refractivity contribution in [2.45, 2.75) is 0 Å². The minimum atomic E-state index is 0. The van der Waals surface area contributed by atoms with Crippen LogP contribution < -0.4 is 14.7 Å².